The summed E-state index contributed by atoms with van der Waals surface area (Å²) in [7, 11) is 3.09. The van der Waals surface area contributed by atoms with Crippen molar-refractivity contribution in [3.63, 3.8) is 0 Å². The third-order valence-corrected chi connectivity index (χ3v) is 3.38. The van der Waals surface area contributed by atoms with Gasteiger partial charge in [-0.3, -0.25) is 4.68 Å². The predicted molar refractivity (Wildman–Crippen MR) is 67.5 cm³/mol. The average Bonchev–Trinajstić information content (AvgIpc) is 2.62. The van der Waals surface area contributed by atoms with Crippen molar-refractivity contribution in [2.24, 2.45) is 7.05 Å². The van der Waals surface area contributed by atoms with Crippen molar-refractivity contribution in [1.29, 1.82) is 0 Å². The number of carbonyl (C=O) groups is 1. The fourth-order valence-corrected chi connectivity index (χ4v) is 2.31. The van der Waals surface area contributed by atoms with Gasteiger partial charge in [0.2, 0.25) is 0 Å². The van der Waals surface area contributed by atoms with E-state index in [4.69, 9.17) is 16.3 Å². The highest BCUT2D eigenvalue weighted by atomic mass is 35.5. The van der Waals surface area contributed by atoms with Crippen LogP contribution in [-0.4, -0.2) is 22.9 Å². The summed E-state index contributed by atoms with van der Waals surface area (Å²) in [6, 6.07) is 0. The SMILES string of the molecule is CCCC(CC)c1c(C(=O)OC)nn(C)c1Cl. The van der Waals surface area contributed by atoms with Gasteiger partial charge in [0.15, 0.2) is 5.69 Å². The summed E-state index contributed by atoms with van der Waals surface area (Å²) < 4.78 is 6.27. The molecule has 0 fully saturated rings. The quantitative estimate of drug-likeness (QED) is 0.762. The molecule has 4 nitrogen and oxygen atoms in total. The lowest BCUT2D eigenvalue weighted by atomic mass is 9.92. The highest BCUT2D eigenvalue weighted by Crippen LogP contribution is 2.33. The second-order valence-corrected chi connectivity index (χ2v) is 4.42. The van der Waals surface area contributed by atoms with Gasteiger partial charge < -0.3 is 4.74 Å². The number of methoxy groups -OCH3 is 1. The van der Waals surface area contributed by atoms with Crippen LogP contribution in [0.5, 0.6) is 0 Å². The molecule has 1 unspecified atom stereocenters. The molecule has 0 aliphatic carbocycles. The van der Waals surface area contributed by atoms with E-state index in [1.807, 2.05) is 0 Å². The van der Waals surface area contributed by atoms with Crippen molar-refractivity contribution in [2.45, 2.75) is 39.0 Å². The van der Waals surface area contributed by atoms with Crippen LogP contribution in [0.1, 0.15) is 55.1 Å². The minimum absolute atomic E-state index is 0.260. The number of ether oxygens (including phenoxy) is 1. The van der Waals surface area contributed by atoms with Gasteiger partial charge >= 0.3 is 5.97 Å². The Morgan fingerprint density at radius 2 is 2.18 bits per heavy atom. The first kappa shape index (κ1) is 14.0. The molecular weight excluding hydrogens is 240 g/mol. The first-order valence-electron chi connectivity index (χ1n) is 5.87. The smallest absolute Gasteiger partial charge is 0.358 e. The highest BCUT2D eigenvalue weighted by Gasteiger charge is 2.26. The van der Waals surface area contributed by atoms with Gasteiger partial charge in [-0.2, -0.15) is 5.10 Å². The Hall–Kier alpha value is -1.03. The number of halogens is 1. The average molecular weight is 259 g/mol. The summed E-state index contributed by atoms with van der Waals surface area (Å²) in [6.45, 7) is 4.20. The molecule has 17 heavy (non-hydrogen) atoms. The van der Waals surface area contributed by atoms with Crippen molar-refractivity contribution in [1.82, 2.24) is 9.78 Å². The normalized spacial score (nSPS) is 12.5. The second-order valence-electron chi connectivity index (χ2n) is 4.06. The Morgan fingerprint density at radius 1 is 1.53 bits per heavy atom. The fraction of sp³-hybridized carbons (Fsp3) is 0.667. The summed E-state index contributed by atoms with van der Waals surface area (Å²) in [4.78, 5) is 11.7. The fourth-order valence-electron chi connectivity index (χ4n) is 2.03. The molecule has 5 heteroatoms. The minimum Gasteiger partial charge on any atom is -0.464 e. The van der Waals surface area contributed by atoms with Crippen LogP contribution in [0.2, 0.25) is 5.15 Å². The number of aryl methyl sites for hydroxylation is 1. The van der Waals surface area contributed by atoms with Gasteiger partial charge in [0.25, 0.3) is 0 Å². The molecule has 0 spiro atoms. The van der Waals surface area contributed by atoms with Crippen LogP contribution in [0.25, 0.3) is 0 Å². The number of hydrogen-bond donors (Lipinski definition) is 0. The van der Waals surface area contributed by atoms with Gasteiger partial charge in [0.1, 0.15) is 5.15 Å². The van der Waals surface area contributed by atoms with Gasteiger partial charge in [-0.05, 0) is 18.8 Å². The molecule has 0 aromatic carbocycles. The van der Waals surface area contributed by atoms with Crippen molar-refractivity contribution in [2.75, 3.05) is 7.11 Å². The maximum absolute atomic E-state index is 11.7. The Balaban J connectivity index is 3.23. The molecule has 0 N–H and O–H groups in total. The number of aromatic nitrogens is 2. The third-order valence-electron chi connectivity index (χ3n) is 2.93. The standard InChI is InChI=1S/C12H19ClN2O2/c1-5-7-8(6-2)9-10(12(16)17-4)14-15(3)11(9)13/h8H,5-7H2,1-4H3. The first-order valence-corrected chi connectivity index (χ1v) is 6.25. The van der Waals surface area contributed by atoms with Gasteiger partial charge in [-0.25, -0.2) is 4.79 Å². The molecule has 0 amide bonds. The van der Waals surface area contributed by atoms with Gasteiger partial charge in [-0.1, -0.05) is 31.9 Å². The lowest BCUT2D eigenvalue weighted by Crippen LogP contribution is -2.08. The molecule has 0 saturated heterocycles. The van der Waals surface area contributed by atoms with Gasteiger partial charge in [0, 0.05) is 12.6 Å². The van der Waals surface area contributed by atoms with Crippen LogP contribution in [0, 0.1) is 0 Å². The molecule has 1 aromatic rings. The molecular formula is C12H19ClN2O2. The predicted octanol–water partition coefficient (Wildman–Crippen LogP) is 3.15. The topological polar surface area (TPSA) is 44.1 Å². The summed E-state index contributed by atoms with van der Waals surface area (Å²) in [5.74, 6) is -0.160. The number of rotatable bonds is 5. The molecule has 96 valence electrons. The Morgan fingerprint density at radius 3 is 2.65 bits per heavy atom. The zero-order valence-electron chi connectivity index (χ0n) is 10.8. The van der Waals surface area contributed by atoms with E-state index in [9.17, 15) is 4.79 Å². The van der Waals surface area contributed by atoms with E-state index in [0.717, 1.165) is 24.8 Å². The van der Waals surface area contributed by atoms with E-state index in [0.29, 0.717) is 10.8 Å². The van der Waals surface area contributed by atoms with E-state index in [-0.39, 0.29) is 5.92 Å². The summed E-state index contributed by atoms with van der Waals surface area (Å²) in [5, 5.41) is 4.68. The summed E-state index contributed by atoms with van der Waals surface area (Å²) in [6.07, 6.45) is 2.97. The molecule has 0 saturated carbocycles. The van der Waals surface area contributed by atoms with Crippen LogP contribution in [0.15, 0.2) is 0 Å². The van der Waals surface area contributed by atoms with Crippen LogP contribution in [-0.2, 0) is 11.8 Å². The molecule has 0 bridgehead atoms. The van der Waals surface area contributed by atoms with E-state index in [1.54, 1.807) is 7.05 Å². The largest absolute Gasteiger partial charge is 0.464 e. The van der Waals surface area contributed by atoms with Crippen molar-refractivity contribution < 1.29 is 9.53 Å². The first-order chi connectivity index (χ1) is 8.06. The zero-order chi connectivity index (χ0) is 13.0. The van der Waals surface area contributed by atoms with Crippen LogP contribution < -0.4 is 0 Å². The van der Waals surface area contributed by atoms with E-state index in [1.165, 1.54) is 11.8 Å². The maximum Gasteiger partial charge on any atom is 0.358 e. The Kier molecular flexibility index (Phi) is 5.00. The zero-order valence-corrected chi connectivity index (χ0v) is 11.5. The number of carbonyl (C=O) groups excluding carboxylic acids is 1. The molecule has 0 radical (unpaired) electrons. The second kappa shape index (κ2) is 6.05. The molecule has 1 atom stereocenters. The molecule has 1 rings (SSSR count). The highest BCUT2D eigenvalue weighted by molar-refractivity contribution is 6.30. The van der Waals surface area contributed by atoms with Gasteiger partial charge in [-0.15, -0.1) is 0 Å². The maximum atomic E-state index is 11.7. The number of esters is 1. The van der Waals surface area contributed by atoms with Crippen LogP contribution in [0.3, 0.4) is 0 Å². The van der Waals surface area contributed by atoms with Crippen molar-refractivity contribution in [3.8, 4) is 0 Å². The summed E-state index contributed by atoms with van der Waals surface area (Å²) >= 11 is 6.22. The lowest BCUT2D eigenvalue weighted by Gasteiger charge is -2.13. The summed E-state index contributed by atoms with van der Waals surface area (Å²) in [5.41, 5.74) is 1.17. The van der Waals surface area contributed by atoms with E-state index in [2.05, 4.69) is 18.9 Å². The molecule has 1 aromatic heterocycles. The van der Waals surface area contributed by atoms with E-state index < -0.39 is 5.97 Å². The third kappa shape index (κ3) is 2.80. The lowest BCUT2D eigenvalue weighted by molar-refractivity contribution is 0.0591. The van der Waals surface area contributed by atoms with Crippen molar-refractivity contribution in [3.05, 3.63) is 16.4 Å². The van der Waals surface area contributed by atoms with E-state index >= 15 is 0 Å². The molecule has 0 aliphatic heterocycles. The Labute approximate surface area is 107 Å². The van der Waals surface area contributed by atoms with Crippen LogP contribution in [0.4, 0.5) is 0 Å². The molecule has 0 aliphatic rings. The van der Waals surface area contributed by atoms with Crippen molar-refractivity contribution >= 4 is 17.6 Å². The number of hydrogen-bond acceptors (Lipinski definition) is 3. The monoisotopic (exact) mass is 258 g/mol. The molecule has 1 heterocycles. The minimum atomic E-state index is -0.419. The van der Waals surface area contributed by atoms with Crippen LogP contribution >= 0.6 is 11.6 Å². The Bertz CT molecular complexity index is 401. The number of nitrogens with zero attached hydrogens (tertiary/aromatic N) is 2. The van der Waals surface area contributed by atoms with Gasteiger partial charge in [0.05, 0.1) is 7.11 Å².